The fourth-order valence-electron chi connectivity index (χ4n) is 2.52. The molecule has 1 heterocycles. The number of hydrogen-bond acceptors (Lipinski definition) is 2. The number of nitrogens with one attached hydrogen (secondary N) is 1. The number of aromatic nitrogens is 1. The van der Waals surface area contributed by atoms with Gasteiger partial charge in [-0.25, -0.2) is 4.39 Å². The second-order valence-electron chi connectivity index (χ2n) is 6.83. The normalized spacial score (nSPS) is 12.1. The van der Waals surface area contributed by atoms with Gasteiger partial charge in [-0.3, -0.25) is 4.98 Å². The summed E-state index contributed by atoms with van der Waals surface area (Å²) in [7, 11) is 1.55. The van der Waals surface area contributed by atoms with Crippen molar-refractivity contribution in [3.63, 3.8) is 0 Å². The first kappa shape index (κ1) is 28.4. The van der Waals surface area contributed by atoms with E-state index in [4.69, 9.17) is 11.6 Å². The van der Waals surface area contributed by atoms with E-state index in [-0.39, 0.29) is 12.5 Å². The summed E-state index contributed by atoms with van der Waals surface area (Å²) in [6, 6.07) is 15.1. The van der Waals surface area contributed by atoms with Crippen molar-refractivity contribution in [3.05, 3.63) is 100 Å². The van der Waals surface area contributed by atoms with Gasteiger partial charge < -0.3 is 5.32 Å². The van der Waals surface area contributed by atoms with Gasteiger partial charge in [0.15, 0.2) is 0 Å². The molecule has 1 N–H and O–H groups in total. The fraction of sp³-hybridized carbons (Fsp3) is 0.261. The summed E-state index contributed by atoms with van der Waals surface area (Å²) in [5.41, 5.74) is 0.870. The van der Waals surface area contributed by atoms with Crippen molar-refractivity contribution in [3.8, 4) is 0 Å². The summed E-state index contributed by atoms with van der Waals surface area (Å²) in [4.78, 5) is 4.05. The average Bonchev–Trinajstić information content (AvgIpc) is 2.69. The van der Waals surface area contributed by atoms with Crippen LogP contribution in [0.3, 0.4) is 0 Å². The lowest BCUT2D eigenvalue weighted by Gasteiger charge is -2.18. The molecule has 0 spiro atoms. The number of nitrogens with zero attached hydrogens (tertiary/aromatic N) is 1. The minimum Gasteiger partial charge on any atom is -0.308 e. The van der Waals surface area contributed by atoms with E-state index >= 15 is 0 Å². The molecule has 1 atom stereocenters. The van der Waals surface area contributed by atoms with E-state index in [0.717, 1.165) is 12.1 Å². The predicted molar refractivity (Wildman–Crippen MR) is 114 cm³/mol. The Hall–Kier alpha value is -2.65. The largest absolute Gasteiger partial charge is 0.416 e. The summed E-state index contributed by atoms with van der Waals surface area (Å²) >= 11 is 5.72. The van der Waals surface area contributed by atoms with Crippen LogP contribution in [-0.4, -0.2) is 18.2 Å². The van der Waals surface area contributed by atoms with Crippen molar-refractivity contribution in [1.29, 1.82) is 0 Å². The Morgan fingerprint density at radius 3 is 1.88 bits per heavy atom. The van der Waals surface area contributed by atoms with E-state index in [1.807, 2.05) is 18.2 Å². The number of benzene rings is 2. The molecular weight excluding hydrogens is 473 g/mol. The number of pyridine rings is 1. The molecule has 3 rings (SSSR count). The molecule has 3 aromatic rings. The highest BCUT2D eigenvalue weighted by molar-refractivity contribution is 6.30. The second kappa shape index (κ2) is 12.6. The molecule has 0 radical (unpaired) electrons. The Morgan fingerprint density at radius 1 is 0.909 bits per heavy atom. The lowest BCUT2D eigenvalue weighted by atomic mass is 10.0. The molecule has 0 bridgehead atoms. The van der Waals surface area contributed by atoms with Crippen LogP contribution in [0.25, 0.3) is 0 Å². The zero-order valence-electron chi connectivity index (χ0n) is 17.9. The van der Waals surface area contributed by atoms with Crippen LogP contribution < -0.4 is 5.32 Å². The molecule has 0 aliphatic rings. The van der Waals surface area contributed by atoms with Crippen LogP contribution >= 0.6 is 11.6 Å². The first-order chi connectivity index (χ1) is 15.2. The summed E-state index contributed by atoms with van der Waals surface area (Å²) in [6.07, 6.45) is -7.23. The van der Waals surface area contributed by atoms with Gasteiger partial charge in [-0.1, -0.05) is 47.5 Å². The van der Waals surface area contributed by atoms with Crippen LogP contribution in [0, 0.1) is 12.7 Å². The van der Waals surface area contributed by atoms with Crippen LogP contribution in [0.1, 0.15) is 35.3 Å². The number of hydrogen-bond donors (Lipinski definition) is 1. The standard InChI is InChI=1S/C14H11ClF4N2.C7H8.C2H3F3/c1-20-13(12-3-2-10(15)7-21-12)8-4-9(14(17,18)19)6-11(16)5-8;1-7-5-3-2-4-6-7;1-2(3,4)5/h2-7,13,20H,1H3;2-6H,1H3;1H3/t13-;;/m0../s1. The predicted octanol–water partition coefficient (Wildman–Crippen LogP) is 7.77. The topological polar surface area (TPSA) is 24.9 Å². The summed E-state index contributed by atoms with van der Waals surface area (Å²) in [6.45, 7) is 2.27. The highest BCUT2D eigenvalue weighted by Gasteiger charge is 2.32. The Kier molecular flexibility index (Phi) is 10.8. The van der Waals surface area contributed by atoms with E-state index < -0.39 is 29.8 Å². The number of rotatable bonds is 3. The van der Waals surface area contributed by atoms with Gasteiger partial charge >= 0.3 is 12.4 Å². The first-order valence-electron chi connectivity index (χ1n) is 9.45. The maximum absolute atomic E-state index is 13.5. The van der Waals surface area contributed by atoms with Gasteiger partial charge in [0.1, 0.15) is 5.82 Å². The van der Waals surface area contributed by atoms with Crippen molar-refractivity contribution in [1.82, 2.24) is 10.3 Å². The van der Waals surface area contributed by atoms with Crippen LogP contribution in [0.5, 0.6) is 0 Å². The maximum atomic E-state index is 13.5. The molecule has 0 fully saturated rings. The van der Waals surface area contributed by atoms with E-state index in [9.17, 15) is 30.7 Å². The third-order valence-corrected chi connectivity index (χ3v) is 4.08. The molecule has 33 heavy (non-hydrogen) atoms. The minimum absolute atomic E-state index is 0.139. The smallest absolute Gasteiger partial charge is 0.308 e. The molecule has 0 unspecified atom stereocenters. The zero-order valence-corrected chi connectivity index (χ0v) is 18.7. The van der Waals surface area contributed by atoms with Gasteiger partial charge in [-0.15, -0.1) is 0 Å². The van der Waals surface area contributed by atoms with Crippen molar-refractivity contribution >= 4 is 11.6 Å². The molecule has 1 aromatic heterocycles. The summed E-state index contributed by atoms with van der Waals surface area (Å²) < 4.78 is 82.8. The molecule has 2 aromatic carbocycles. The molecule has 0 saturated heterocycles. The van der Waals surface area contributed by atoms with Gasteiger partial charge in [-0.2, -0.15) is 26.3 Å². The van der Waals surface area contributed by atoms with Crippen molar-refractivity contribution < 1.29 is 30.7 Å². The fourth-order valence-corrected chi connectivity index (χ4v) is 2.63. The Bertz CT molecular complexity index is 967. The summed E-state index contributed by atoms with van der Waals surface area (Å²) in [5.74, 6) is -0.950. The number of alkyl halides is 6. The monoisotopic (exact) mass is 494 g/mol. The lowest BCUT2D eigenvalue weighted by Crippen LogP contribution is -2.20. The molecular formula is C23H22ClF7N2. The third kappa shape index (κ3) is 11.7. The van der Waals surface area contributed by atoms with Gasteiger partial charge in [0.2, 0.25) is 0 Å². The molecule has 0 saturated carbocycles. The van der Waals surface area contributed by atoms with E-state index in [1.165, 1.54) is 11.8 Å². The SMILES string of the molecule is CC(F)(F)F.CN[C@@H](c1cc(F)cc(C(F)(F)F)c1)c1ccc(Cl)cn1.Cc1ccccc1. The van der Waals surface area contributed by atoms with Gasteiger partial charge in [-0.05, 0) is 49.9 Å². The third-order valence-electron chi connectivity index (χ3n) is 3.86. The maximum Gasteiger partial charge on any atom is 0.416 e. The van der Waals surface area contributed by atoms with Crippen molar-refractivity contribution in [2.24, 2.45) is 0 Å². The molecule has 0 aliphatic carbocycles. The highest BCUT2D eigenvalue weighted by atomic mass is 35.5. The molecule has 10 heteroatoms. The van der Waals surface area contributed by atoms with Crippen molar-refractivity contribution in [2.45, 2.75) is 32.2 Å². The second-order valence-corrected chi connectivity index (χ2v) is 7.27. The van der Waals surface area contributed by atoms with Crippen molar-refractivity contribution in [2.75, 3.05) is 7.05 Å². The molecule has 0 aliphatic heterocycles. The van der Waals surface area contributed by atoms with E-state index in [2.05, 4.69) is 29.4 Å². The van der Waals surface area contributed by atoms with Gasteiger partial charge in [0.05, 0.1) is 22.3 Å². The Morgan fingerprint density at radius 2 is 1.48 bits per heavy atom. The van der Waals surface area contributed by atoms with Crippen LogP contribution in [0.2, 0.25) is 5.02 Å². The summed E-state index contributed by atoms with van der Waals surface area (Å²) in [5, 5.41) is 3.23. The van der Waals surface area contributed by atoms with Crippen LogP contribution in [0.4, 0.5) is 30.7 Å². The average molecular weight is 495 g/mol. The first-order valence-corrected chi connectivity index (χ1v) is 9.83. The van der Waals surface area contributed by atoms with Gasteiger partial charge in [0.25, 0.3) is 0 Å². The Labute approximate surface area is 192 Å². The Balaban J connectivity index is 0.000000370. The lowest BCUT2D eigenvalue weighted by molar-refractivity contribution is -0.137. The number of halogens is 8. The quantitative estimate of drug-likeness (QED) is 0.376. The van der Waals surface area contributed by atoms with E-state index in [1.54, 1.807) is 19.2 Å². The number of aryl methyl sites for hydroxylation is 1. The van der Waals surface area contributed by atoms with Crippen LogP contribution in [-0.2, 0) is 6.18 Å². The minimum atomic E-state index is -4.61. The molecule has 0 amide bonds. The molecule has 2 nitrogen and oxygen atoms in total. The van der Waals surface area contributed by atoms with Gasteiger partial charge in [0, 0.05) is 13.1 Å². The molecule has 180 valence electrons. The highest BCUT2D eigenvalue weighted by Crippen LogP contribution is 2.32. The van der Waals surface area contributed by atoms with Crippen LogP contribution in [0.15, 0.2) is 66.9 Å². The van der Waals surface area contributed by atoms with E-state index in [0.29, 0.717) is 16.8 Å². The zero-order chi connectivity index (χ0) is 25.2.